The number of nitrogens with zero attached hydrogens (tertiary/aromatic N) is 2. The van der Waals surface area contributed by atoms with Crippen molar-refractivity contribution in [2.45, 2.75) is 39.2 Å². The molecule has 0 bridgehead atoms. The van der Waals surface area contributed by atoms with Crippen molar-refractivity contribution in [1.82, 2.24) is 4.90 Å². The summed E-state index contributed by atoms with van der Waals surface area (Å²) in [6, 6.07) is 15.7. The lowest BCUT2D eigenvalue weighted by atomic mass is 10.1. The second kappa shape index (κ2) is 10.4. The van der Waals surface area contributed by atoms with E-state index < -0.39 is 5.82 Å². The Morgan fingerprint density at radius 1 is 0.972 bits per heavy atom. The van der Waals surface area contributed by atoms with Gasteiger partial charge >= 0.3 is 0 Å². The van der Waals surface area contributed by atoms with Gasteiger partial charge in [-0.25, -0.2) is 4.39 Å². The number of rotatable bonds is 8. The molecular formula is C29H29FN2O4. The van der Waals surface area contributed by atoms with Crippen LogP contribution >= 0.6 is 0 Å². The van der Waals surface area contributed by atoms with E-state index in [1.165, 1.54) is 6.07 Å². The molecule has 0 N–H and O–H groups in total. The first kappa shape index (κ1) is 23.9. The Labute approximate surface area is 210 Å². The molecule has 1 fully saturated rings. The van der Waals surface area contributed by atoms with Crippen LogP contribution in [-0.4, -0.2) is 42.8 Å². The zero-order chi connectivity index (χ0) is 25.1. The van der Waals surface area contributed by atoms with Crippen molar-refractivity contribution in [2.24, 2.45) is 4.99 Å². The molecule has 1 atom stereocenters. The van der Waals surface area contributed by atoms with Crippen molar-refractivity contribution < 1.29 is 23.4 Å². The Balaban J connectivity index is 1.15. The molecular weight excluding hydrogens is 459 g/mol. The van der Waals surface area contributed by atoms with Crippen LogP contribution < -0.4 is 14.2 Å². The van der Waals surface area contributed by atoms with Crippen LogP contribution in [-0.2, 0) is 0 Å². The molecule has 2 heterocycles. The third-order valence-corrected chi connectivity index (χ3v) is 6.44. The maximum absolute atomic E-state index is 14.2. The van der Waals surface area contributed by atoms with E-state index in [9.17, 15) is 9.18 Å². The fourth-order valence-corrected chi connectivity index (χ4v) is 4.45. The van der Waals surface area contributed by atoms with Gasteiger partial charge in [0, 0.05) is 31.3 Å². The molecule has 0 aromatic heterocycles. The summed E-state index contributed by atoms with van der Waals surface area (Å²) < 4.78 is 31.6. The maximum Gasteiger partial charge on any atom is 0.256 e. The first-order chi connectivity index (χ1) is 17.5. The third kappa shape index (κ3) is 5.20. The van der Waals surface area contributed by atoms with Gasteiger partial charge < -0.3 is 19.1 Å². The average molecular weight is 489 g/mol. The molecule has 6 nitrogen and oxygen atoms in total. The van der Waals surface area contributed by atoms with Gasteiger partial charge in [-0.2, -0.15) is 0 Å². The molecule has 3 aromatic carbocycles. The summed E-state index contributed by atoms with van der Waals surface area (Å²) in [5, 5.41) is 0. The van der Waals surface area contributed by atoms with Gasteiger partial charge in [0.1, 0.15) is 17.2 Å². The SMILES string of the molecule is Cc1ccc(Oc2cc(OCCCOc3cc4c(cc3C)C(=O)N3CCC[C@H]3C=N4)ccc2F)cc1. The molecule has 3 aromatic rings. The molecule has 1 amide bonds. The van der Waals surface area contributed by atoms with Crippen molar-refractivity contribution in [2.75, 3.05) is 19.8 Å². The Kier molecular flexibility index (Phi) is 6.89. The molecule has 0 spiro atoms. The van der Waals surface area contributed by atoms with E-state index in [1.54, 1.807) is 24.3 Å². The van der Waals surface area contributed by atoms with Gasteiger partial charge in [0.05, 0.1) is 30.5 Å². The van der Waals surface area contributed by atoms with Crippen molar-refractivity contribution in [3.05, 3.63) is 77.1 Å². The maximum atomic E-state index is 14.2. The van der Waals surface area contributed by atoms with Gasteiger partial charge in [-0.15, -0.1) is 0 Å². The normalized spacial score (nSPS) is 16.4. The zero-order valence-electron chi connectivity index (χ0n) is 20.5. The summed E-state index contributed by atoms with van der Waals surface area (Å²) in [4.78, 5) is 19.4. The lowest BCUT2D eigenvalue weighted by Crippen LogP contribution is -2.35. The molecule has 1 saturated heterocycles. The molecule has 0 aliphatic carbocycles. The predicted octanol–water partition coefficient (Wildman–Crippen LogP) is 6.40. The number of ether oxygens (including phenoxy) is 3. The van der Waals surface area contributed by atoms with E-state index in [-0.39, 0.29) is 17.7 Å². The molecule has 0 unspecified atom stereocenters. The molecule has 36 heavy (non-hydrogen) atoms. The van der Waals surface area contributed by atoms with E-state index in [0.717, 1.165) is 30.5 Å². The number of carbonyl (C=O) groups is 1. The molecule has 5 rings (SSSR count). The second-order valence-electron chi connectivity index (χ2n) is 9.18. The van der Waals surface area contributed by atoms with Crippen molar-refractivity contribution in [3.8, 4) is 23.0 Å². The van der Waals surface area contributed by atoms with Gasteiger partial charge in [-0.3, -0.25) is 9.79 Å². The number of fused-ring (bicyclic) bond motifs is 2. The van der Waals surface area contributed by atoms with Crippen LogP contribution in [0.3, 0.4) is 0 Å². The Hall–Kier alpha value is -3.87. The Morgan fingerprint density at radius 2 is 1.75 bits per heavy atom. The molecule has 2 aliphatic heterocycles. The molecule has 0 saturated carbocycles. The highest BCUT2D eigenvalue weighted by Crippen LogP contribution is 2.34. The Morgan fingerprint density at radius 3 is 2.58 bits per heavy atom. The highest BCUT2D eigenvalue weighted by atomic mass is 19.1. The summed E-state index contributed by atoms with van der Waals surface area (Å²) >= 11 is 0. The average Bonchev–Trinajstić information content (AvgIpc) is 3.30. The van der Waals surface area contributed by atoms with E-state index in [4.69, 9.17) is 14.2 Å². The number of amides is 1. The van der Waals surface area contributed by atoms with E-state index in [0.29, 0.717) is 48.1 Å². The molecule has 7 heteroatoms. The van der Waals surface area contributed by atoms with Crippen LogP contribution in [0.2, 0.25) is 0 Å². The molecule has 0 radical (unpaired) electrons. The predicted molar refractivity (Wildman–Crippen MR) is 137 cm³/mol. The number of aryl methyl sites for hydroxylation is 2. The lowest BCUT2D eigenvalue weighted by molar-refractivity contribution is 0.0774. The van der Waals surface area contributed by atoms with Crippen LogP contribution in [0.15, 0.2) is 59.6 Å². The van der Waals surface area contributed by atoms with Gasteiger partial charge in [-0.1, -0.05) is 17.7 Å². The minimum atomic E-state index is -0.452. The van der Waals surface area contributed by atoms with Crippen molar-refractivity contribution in [1.29, 1.82) is 0 Å². The summed E-state index contributed by atoms with van der Waals surface area (Å²) in [5.74, 6) is 1.49. The number of halogens is 1. The first-order valence-corrected chi connectivity index (χ1v) is 12.3. The Bertz CT molecular complexity index is 1290. The van der Waals surface area contributed by atoms with Crippen LogP contribution in [0.5, 0.6) is 23.0 Å². The summed E-state index contributed by atoms with van der Waals surface area (Å²) in [5.41, 5.74) is 3.28. The van der Waals surface area contributed by atoms with E-state index in [2.05, 4.69) is 4.99 Å². The van der Waals surface area contributed by atoms with E-state index in [1.807, 2.05) is 49.2 Å². The topological polar surface area (TPSA) is 60.4 Å². The van der Waals surface area contributed by atoms with Crippen molar-refractivity contribution in [3.63, 3.8) is 0 Å². The van der Waals surface area contributed by atoms with Crippen LogP contribution in [0.25, 0.3) is 0 Å². The zero-order valence-corrected chi connectivity index (χ0v) is 20.5. The highest BCUT2D eigenvalue weighted by molar-refractivity contribution is 6.03. The smallest absolute Gasteiger partial charge is 0.256 e. The third-order valence-electron chi connectivity index (χ3n) is 6.44. The second-order valence-corrected chi connectivity index (χ2v) is 9.18. The number of hydrogen-bond donors (Lipinski definition) is 0. The van der Waals surface area contributed by atoms with Gasteiger partial charge in [-0.05, 0) is 62.6 Å². The minimum Gasteiger partial charge on any atom is -0.493 e. The lowest BCUT2D eigenvalue weighted by Gasteiger charge is -2.20. The van der Waals surface area contributed by atoms with Crippen LogP contribution in [0.1, 0.15) is 40.7 Å². The van der Waals surface area contributed by atoms with E-state index >= 15 is 0 Å². The number of hydrogen-bond acceptors (Lipinski definition) is 5. The summed E-state index contributed by atoms with van der Waals surface area (Å²) in [6.45, 7) is 5.52. The minimum absolute atomic E-state index is 0.0399. The highest BCUT2D eigenvalue weighted by Gasteiger charge is 2.32. The van der Waals surface area contributed by atoms with Gasteiger partial charge in [0.2, 0.25) is 0 Å². The monoisotopic (exact) mass is 488 g/mol. The number of carbonyl (C=O) groups excluding carboxylic acids is 1. The summed E-state index contributed by atoms with van der Waals surface area (Å²) in [7, 11) is 0. The van der Waals surface area contributed by atoms with Crippen LogP contribution in [0.4, 0.5) is 10.1 Å². The quantitative estimate of drug-likeness (QED) is 0.344. The fourth-order valence-electron chi connectivity index (χ4n) is 4.45. The standard InChI is InChI=1S/C29H29FN2O4/c1-19-6-8-22(9-7-19)36-28-16-23(10-11-25(28)30)34-13-4-14-35-27-17-26-24(15-20(27)2)29(33)32-12-3-5-21(32)18-31-26/h6-11,15-18,21H,3-5,12-14H2,1-2H3/t21-/m0/s1. The number of aliphatic imine (C=N–C) groups is 1. The van der Waals surface area contributed by atoms with Crippen molar-refractivity contribution >= 4 is 17.8 Å². The van der Waals surface area contributed by atoms with Crippen LogP contribution in [0, 0.1) is 19.7 Å². The first-order valence-electron chi connectivity index (χ1n) is 12.3. The fraction of sp³-hybridized carbons (Fsp3) is 0.310. The van der Waals surface area contributed by atoms with Gasteiger partial charge in [0.25, 0.3) is 5.91 Å². The number of benzene rings is 3. The largest absolute Gasteiger partial charge is 0.493 e. The molecule has 186 valence electrons. The van der Waals surface area contributed by atoms with Gasteiger partial charge in [0.15, 0.2) is 11.6 Å². The summed E-state index contributed by atoms with van der Waals surface area (Å²) in [6.07, 6.45) is 4.47. The molecule has 2 aliphatic rings.